The molecule has 0 aromatic heterocycles. The Bertz CT molecular complexity index is 626. The highest BCUT2D eigenvalue weighted by atomic mass is 35.5. The predicted molar refractivity (Wildman–Crippen MR) is 84.8 cm³/mol. The molecule has 2 aromatic carbocycles. The minimum absolute atomic E-state index is 0.360. The number of hydrogen-bond donors (Lipinski definition) is 1. The Balaban J connectivity index is 1.92. The second kappa shape index (κ2) is 5.70. The van der Waals surface area contributed by atoms with Gasteiger partial charge in [-0.05, 0) is 30.2 Å². The molecular formula is C18H19ClO2. The van der Waals surface area contributed by atoms with Gasteiger partial charge in [-0.25, -0.2) is 0 Å². The van der Waals surface area contributed by atoms with Gasteiger partial charge in [0, 0.05) is 23.4 Å². The third-order valence-corrected chi connectivity index (χ3v) is 4.47. The Kier molecular flexibility index (Phi) is 3.92. The van der Waals surface area contributed by atoms with Crippen LogP contribution in [0.2, 0.25) is 5.02 Å². The van der Waals surface area contributed by atoms with Gasteiger partial charge in [0.2, 0.25) is 0 Å². The van der Waals surface area contributed by atoms with Gasteiger partial charge >= 0.3 is 0 Å². The maximum Gasteiger partial charge on any atom is 0.126 e. The summed E-state index contributed by atoms with van der Waals surface area (Å²) in [4.78, 5) is 0. The SMILES string of the molecule is CCC1(Cc2ccccc2)CC(O)c2cc(Cl)ccc2O1. The molecule has 0 bridgehead atoms. The topological polar surface area (TPSA) is 29.5 Å². The highest BCUT2D eigenvalue weighted by molar-refractivity contribution is 6.30. The first-order chi connectivity index (χ1) is 10.1. The van der Waals surface area contributed by atoms with Gasteiger partial charge in [0.15, 0.2) is 0 Å². The molecule has 0 fully saturated rings. The number of hydrogen-bond acceptors (Lipinski definition) is 2. The van der Waals surface area contributed by atoms with E-state index < -0.39 is 6.10 Å². The zero-order valence-corrected chi connectivity index (χ0v) is 12.8. The van der Waals surface area contributed by atoms with Crippen LogP contribution in [-0.2, 0) is 6.42 Å². The number of ether oxygens (including phenoxy) is 1. The van der Waals surface area contributed by atoms with E-state index in [1.807, 2.05) is 24.3 Å². The van der Waals surface area contributed by atoms with E-state index >= 15 is 0 Å². The molecule has 0 radical (unpaired) electrons. The van der Waals surface area contributed by atoms with Crippen LogP contribution in [0.3, 0.4) is 0 Å². The summed E-state index contributed by atoms with van der Waals surface area (Å²) in [5, 5.41) is 11.1. The number of aliphatic hydroxyl groups is 1. The lowest BCUT2D eigenvalue weighted by molar-refractivity contribution is -0.0167. The summed E-state index contributed by atoms with van der Waals surface area (Å²) in [5.74, 6) is 0.746. The molecule has 0 saturated carbocycles. The fraction of sp³-hybridized carbons (Fsp3) is 0.333. The maximum atomic E-state index is 10.5. The molecule has 2 aromatic rings. The lowest BCUT2D eigenvalue weighted by Crippen LogP contribution is -2.42. The van der Waals surface area contributed by atoms with Gasteiger partial charge in [-0.3, -0.25) is 0 Å². The quantitative estimate of drug-likeness (QED) is 0.901. The summed E-state index contributed by atoms with van der Waals surface area (Å²) in [6, 6.07) is 15.7. The van der Waals surface area contributed by atoms with Crippen LogP contribution in [0.1, 0.15) is 37.0 Å². The highest BCUT2D eigenvalue weighted by Crippen LogP contribution is 2.43. The van der Waals surface area contributed by atoms with Gasteiger partial charge in [-0.15, -0.1) is 0 Å². The summed E-state index contributed by atoms with van der Waals surface area (Å²) in [6.07, 6.45) is 1.70. The molecule has 1 aliphatic heterocycles. The highest BCUT2D eigenvalue weighted by Gasteiger charge is 2.39. The van der Waals surface area contributed by atoms with Gasteiger partial charge in [0.1, 0.15) is 11.4 Å². The Morgan fingerprint density at radius 3 is 2.71 bits per heavy atom. The molecule has 0 aliphatic carbocycles. The Morgan fingerprint density at radius 2 is 2.00 bits per heavy atom. The van der Waals surface area contributed by atoms with Gasteiger partial charge in [0.05, 0.1) is 6.10 Å². The van der Waals surface area contributed by atoms with Crippen molar-refractivity contribution in [2.75, 3.05) is 0 Å². The molecule has 0 spiro atoms. The van der Waals surface area contributed by atoms with Crippen molar-refractivity contribution in [3.05, 3.63) is 64.7 Å². The van der Waals surface area contributed by atoms with Crippen molar-refractivity contribution in [1.82, 2.24) is 0 Å². The van der Waals surface area contributed by atoms with Crippen molar-refractivity contribution in [1.29, 1.82) is 0 Å². The number of rotatable bonds is 3. The summed E-state index contributed by atoms with van der Waals surface area (Å²) in [6.45, 7) is 2.11. The molecule has 0 saturated heterocycles. The minimum atomic E-state index is -0.531. The van der Waals surface area contributed by atoms with Crippen LogP contribution in [0, 0.1) is 0 Å². The lowest BCUT2D eigenvalue weighted by atomic mass is 9.82. The van der Waals surface area contributed by atoms with E-state index in [0.29, 0.717) is 11.4 Å². The van der Waals surface area contributed by atoms with Gasteiger partial charge in [0.25, 0.3) is 0 Å². The van der Waals surface area contributed by atoms with E-state index in [2.05, 4.69) is 19.1 Å². The summed E-state index contributed by atoms with van der Waals surface area (Å²) >= 11 is 6.01. The van der Waals surface area contributed by atoms with Crippen molar-refractivity contribution in [3.8, 4) is 5.75 Å². The number of halogens is 1. The second-order valence-corrected chi connectivity index (χ2v) is 6.14. The van der Waals surface area contributed by atoms with Crippen LogP contribution >= 0.6 is 11.6 Å². The maximum absolute atomic E-state index is 10.5. The van der Waals surface area contributed by atoms with Crippen LogP contribution in [-0.4, -0.2) is 10.7 Å². The predicted octanol–water partition coefficient (Wildman–Crippen LogP) is 4.55. The third-order valence-electron chi connectivity index (χ3n) is 4.24. The van der Waals surface area contributed by atoms with Gasteiger partial charge in [-0.1, -0.05) is 48.9 Å². The lowest BCUT2D eigenvalue weighted by Gasteiger charge is -2.40. The fourth-order valence-corrected chi connectivity index (χ4v) is 3.21. The molecule has 21 heavy (non-hydrogen) atoms. The molecule has 110 valence electrons. The normalized spacial score (nSPS) is 24.2. The van der Waals surface area contributed by atoms with E-state index in [4.69, 9.17) is 16.3 Å². The zero-order chi connectivity index (χ0) is 14.9. The first-order valence-corrected chi connectivity index (χ1v) is 7.70. The van der Waals surface area contributed by atoms with Crippen molar-refractivity contribution >= 4 is 11.6 Å². The van der Waals surface area contributed by atoms with Gasteiger partial charge < -0.3 is 9.84 Å². The molecule has 2 nitrogen and oxygen atoms in total. The fourth-order valence-electron chi connectivity index (χ4n) is 3.03. The van der Waals surface area contributed by atoms with Crippen LogP contribution < -0.4 is 4.74 Å². The zero-order valence-electron chi connectivity index (χ0n) is 12.1. The van der Waals surface area contributed by atoms with Gasteiger partial charge in [-0.2, -0.15) is 0 Å². The smallest absolute Gasteiger partial charge is 0.126 e. The number of fused-ring (bicyclic) bond motifs is 1. The Labute approximate surface area is 130 Å². The average Bonchev–Trinajstić information content (AvgIpc) is 2.49. The summed E-state index contributed by atoms with van der Waals surface area (Å²) < 4.78 is 6.28. The molecule has 2 unspecified atom stereocenters. The minimum Gasteiger partial charge on any atom is -0.486 e. The Morgan fingerprint density at radius 1 is 1.24 bits per heavy atom. The standard InChI is InChI=1S/C18H19ClO2/c1-2-18(11-13-6-4-3-5-7-13)12-16(20)15-10-14(19)8-9-17(15)21-18/h3-10,16,20H,2,11-12H2,1H3. The van der Waals surface area contributed by atoms with Crippen LogP contribution in [0.5, 0.6) is 5.75 Å². The molecule has 1 heterocycles. The van der Waals surface area contributed by atoms with Crippen molar-refractivity contribution in [2.45, 2.75) is 37.9 Å². The summed E-state index contributed by atoms with van der Waals surface area (Å²) in [5.41, 5.74) is 1.66. The third kappa shape index (κ3) is 2.92. The Hall–Kier alpha value is -1.51. The van der Waals surface area contributed by atoms with E-state index in [1.165, 1.54) is 5.56 Å². The molecule has 1 N–H and O–H groups in total. The van der Waals surface area contributed by atoms with Crippen molar-refractivity contribution < 1.29 is 9.84 Å². The molecular weight excluding hydrogens is 284 g/mol. The van der Waals surface area contributed by atoms with Crippen LogP contribution in [0.25, 0.3) is 0 Å². The average molecular weight is 303 g/mol. The molecule has 0 amide bonds. The van der Waals surface area contributed by atoms with Crippen LogP contribution in [0.4, 0.5) is 0 Å². The van der Waals surface area contributed by atoms with E-state index in [9.17, 15) is 5.11 Å². The summed E-state index contributed by atoms with van der Waals surface area (Å²) in [7, 11) is 0. The van der Waals surface area contributed by atoms with E-state index in [-0.39, 0.29) is 5.60 Å². The first-order valence-electron chi connectivity index (χ1n) is 7.32. The van der Waals surface area contributed by atoms with Crippen molar-refractivity contribution in [2.24, 2.45) is 0 Å². The second-order valence-electron chi connectivity index (χ2n) is 5.70. The molecule has 3 rings (SSSR count). The number of benzene rings is 2. The first kappa shape index (κ1) is 14.4. The monoisotopic (exact) mass is 302 g/mol. The van der Waals surface area contributed by atoms with E-state index in [0.717, 1.165) is 24.2 Å². The largest absolute Gasteiger partial charge is 0.486 e. The van der Waals surface area contributed by atoms with Crippen LogP contribution in [0.15, 0.2) is 48.5 Å². The van der Waals surface area contributed by atoms with E-state index in [1.54, 1.807) is 12.1 Å². The number of aliphatic hydroxyl groups excluding tert-OH is 1. The molecule has 2 atom stereocenters. The molecule has 1 aliphatic rings. The van der Waals surface area contributed by atoms with Crippen molar-refractivity contribution in [3.63, 3.8) is 0 Å². The molecule has 3 heteroatoms.